The number of ether oxygens (including phenoxy) is 3. The van der Waals surface area contributed by atoms with Gasteiger partial charge in [-0.15, -0.1) is 0 Å². The van der Waals surface area contributed by atoms with Gasteiger partial charge in [0.2, 0.25) is 5.91 Å². The number of carbonyl (C=O) groups excluding carboxylic acids is 2. The molecule has 3 rings (SSSR count). The van der Waals surface area contributed by atoms with Gasteiger partial charge in [0.05, 0.1) is 29.3 Å². The van der Waals surface area contributed by atoms with E-state index < -0.39 is 40.6 Å². The second kappa shape index (κ2) is 10.6. The topological polar surface area (TPSA) is 113 Å². The molecule has 0 spiro atoms. The highest BCUT2D eigenvalue weighted by Gasteiger charge is 2.37. The van der Waals surface area contributed by atoms with E-state index >= 15 is 0 Å². The van der Waals surface area contributed by atoms with Gasteiger partial charge >= 0.3 is 12.3 Å². The van der Waals surface area contributed by atoms with E-state index in [1.165, 1.54) is 12.1 Å². The van der Waals surface area contributed by atoms with E-state index in [9.17, 15) is 22.8 Å². The molecule has 0 aromatic heterocycles. The minimum atomic E-state index is -4.72. The number of likely N-dealkylation sites (tertiary alicyclic amines) is 1. The van der Waals surface area contributed by atoms with Crippen molar-refractivity contribution in [2.45, 2.75) is 70.2 Å². The van der Waals surface area contributed by atoms with Gasteiger partial charge in [-0.1, -0.05) is 0 Å². The molecule has 36 heavy (non-hydrogen) atoms. The van der Waals surface area contributed by atoms with E-state index in [-0.39, 0.29) is 24.4 Å². The maximum atomic E-state index is 13.2. The molecule has 9 nitrogen and oxygen atoms in total. The molecule has 0 bridgehead atoms. The van der Waals surface area contributed by atoms with Crippen LogP contribution in [0.25, 0.3) is 0 Å². The number of halogens is 3. The summed E-state index contributed by atoms with van der Waals surface area (Å²) in [4.78, 5) is 26.8. The molecule has 0 saturated carbocycles. The predicted molar refractivity (Wildman–Crippen MR) is 123 cm³/mol. The number of piperidine rings is 1. The number of nitrogens with zero attached hydrogens (tertiary/aromatic N) is 2. The monoisotopic (exact) mass is 512 g/mol. The van der Waals surface area contributed by atoms with Crippen molar-refractivity contribution < 1.29 is 37.0 Å². The lowest BCUT2D eigenvalue weighted by Crippen LogP contribution is -2.56. The third-order valence-electron chi connectivity index (χ3n) is 6.05. The molecule has 0 radical (unpaired) electrons. The second-order valence-electron chi connectivity index (χ2n) is 9.88. The Balaban J connectivity index is 1.48. The summed E-state index contributed by atoms with van der Waals surface area (Å²) in [6, 6.07) is 4.46. The van der Waals surface area contributed by atoms with Crippen molar-refractivity contribution in [3.8, 4) is 6.07 Å². The molecule has 2 fully saturated rings. The summed E-state index contributed by atoms with van der Waals surface area (Å²) in [6.07, 6.45) is -4.34. The molecule has 2 aliphatic heterocycles. The highest BCUT2D eigenvalue weighted by Crippen LogP contribution is 2.33. The summed E-state index contributed by atoms with van der Waals surface area (Å²) in [5.41, 5.74) is -2.79. The lowest BCUT2D eigenvalue weighted by molar-refractivity contribution is -0.143. The van der Waals surface area contributed by atoms with Crippen molar-refractivity contribution in [2.75, 3.05) is 31.6 Å². The van der Waals surface area contributed by atoms with Crippen LogP contribution in [-0.4, -0.2) is 66.7 Å². The molecule has 2 N–H and O–H groups in total. The Labute approximate surface area is 207 Å². The number of nitriles is 1. The first-order chi connectivity index (χ1) is 16.7. The maximum Gasteiger partial charge on any atom is 0.417 e. The Kier molecular flexibility index (Phi) is 8.17. The van der Waals surface area contributed by atoms with Crippen LogP contribution in [0.2, 0.25) is 0 Å². The first-order valence-corrected chi connectivity index (χ1v) is 11.6. The molecule has 1 atom stereocenters. The van der Waals surface area contributed by atoms with Crippen LogP contribution >= 0.6 is 0 Å². The fraction of sp³-hybridized carbons (Fsp3) is 0.625. The fourth-order valence-corrected chi connectivity index (χ4v) is 4.12. The summed E-state index contributed by atoms with van der Waals surface area (Å²) in [6.45, 7) is 8.13. The van der Waals surface area contributed by atoms with Gasteiger partial charge in [0, 0.05) is 24.8 Å². The number of alkyl halides is 3. The summed E-state index contributed by atoms with van der Waals surface area (Å²) >= 11 is 0. The highest BCUT2D eigenvalue weighted by atomic mass is 19.4. The van der Waals surface area contributed by atoms with Gasteiger partial charge in [0.1, 0.15) is 12.7 Å². The van der Waals surface area contributed by atoms with E-state index in [4.69, 9.17) is 19.5 Å². The van der Waals surface area contributed by atoms with Crippen LogP contribution in [0.5, 0.6) is 0 Å². The van der Waals surface area contributed by atoms with Crippen LogP contribution in [-0.2, 0) is 25.2 Å². The zero-order chi connectivity index (χ0) is 26.7. The van der Waals surface area contributed by atoms with E-state index in [1.54, 1.807) is 32.6 Å². The highest BCUT2D eigenvalue weighted by molar-refractivity contribution is 5.97. The fourth-order valence-electron chi connectivity index (χ4n) is 4.12. The summed E-state index contributed by atoms with van der Waals surface area (Å²) in [7, 11) is 0. The van der Waals surface area contributed by atoms with Gasteiger partial charge in [-0.2, -0.15) is 18.4 Å². The van der Waals surface area contributed by atoms with Crippen LogP contribution < -0.4 is 10.6 Å². The molecule has 2 aliphatic rings. The molecule has 2 amide bonds. The third kappa shape index (κ3) is 7.09. The predicted octanol–water partition coefficient (Wildman–Crippen LogP) is 3.64. The van der Waals surface area contributed by atoms with Gasteiger partial charge in [-0.3, -0.25) is 4.79 Å². The Morgan fingerprint density at radius 1 is 1.25 bits per heavy atom. The van der Waals surface area contributed by atoms with Crippen LogP contribution in [0, 0.1) is 11.3 Å². The first-order valence-electron chi connectivity index (χ1n) is 11.6. The molecule has 12 heteroatoms. The maximum absolute atomic E-state index is 13.2. The normalized spacial score (nSPS) is 20.6. The lowest BCUT2D eigenvalue weighted by Gasteiger charge is -2.36. The van der Waals surface area contributed by atoms with Gasteiger partial charge in [-0.05, 0) is 58.7 Å². The zero-order valence-corrected chi connectivity index (χ0v) is 20.7. The van der Waals surface area contributed by atoms with Crippen LogP contribution in [0.15, 0.2) is 18.2 Å². The summed E-state index contributed by atoms with van der Waals surface area (Å²) in [5, 5.41) is 14.6. The van der Waals surface area contributed by atoms with E-state index in [1.807, 2.05) is 0 Å². The van der Waals surface area contributed by atoms with Crippen molar-refractivity contribution in [2.24, 2.45) is 0 Å². The van der Waals surface area contributed by atoms with Crippen molar-refractivity contribution in [3.05, 3.63) is 29.3 Å². The Bertz CT molecular complexity index is 1010. The molecule has 2 heterocycles. The Hall–Kier alpha value is -2.88. The van der Waals surface area contributed by atoms with Crippen LogP contribution in [0.3, 0.4) is 0 Å². The van der Waals surface area contributed by atoms with Gasteiger partial charge in [0.15, 0.2) is 5.79 Å². The number of anilines is 1. The molecule has 2 saturated heterocycles. The van der Waals surface area contributed by atoms with Gasteiger partial charge in [-0.25, -0.2) is 4.79 Å². The lowest BCUT2D eigenvalue weighted by atomic mass is 9.97. The van der Waals surface area contributed by atoms with Gasteiger partial charge in [0.25, 0.3) is 0 Å². The first kappa shape index (κ1) is 27.7. The number of rotatable bonds is 6. The minimum absolute atomic E-state index is 0.0567. The molecular formula is C24H31F3N4O5. The van der Waals surface area contributed by atoms with Gasteiger partial charge < -0.3 is 29.7 Å². The Morgan fingerprint density at radius 3 is 2.47 bits per heavy atom. The number of amides is 2. The average Bonchev–Trinajstić information content (AvgIpc) is 3.15. The molecule has 1 unspecified atom stereocenters. The second-order valence-corrected chi connectivity index (χ2v) is 9.88. The van der Waals surface area contributed by atoms with Crippen molar-refractivity contribution >= 4 is 17.7 Å². The van der Waals surface area contributed by atoms with Crippen LogP contribution in [0.4, 0.5) is 23.7 Å². The van der Waals surface area contributed by atoms with Crippen molar-refractivity contribution in [1.82, 2.24) is 10.2 Å². The number of nitrogens with one attached hydrogen (secondary N) is 2. The average molecular weight is 513 g/mol. The summed E-state index contributed by atoms with van der Waals surface area (Å²) < 4.78 is 56.1. The number of hydrogen-bond acceptors (Lipinski definition) is 7. The summed E-state index contributed by atoms with van der Waals surface area (Å²) in [5.74, 6) is -1.22. The number of hydrogen-bond donors (Lipinski definition) is 2. The molecular weight excluding hydrogens is 481 g/mol. The van der Waals surface area contributed by atoms with Crippen LogP contribution in [0.1, 0.15) is 51.7 Å². The third-order valence-corrected chi connectivity index (χ3v) is 6.05. The standard InChI is InChI=1S/C24H31F3N4O5/c1-22(2,20(32)29-17-6-5-15(12-28)19(11-17)24(25,26)27)30-16-7-9-31(10-8-16)21(33)34-13-18-14-35-23(3,4)36-18/h5-6,11,16,18,30H,7-10,13-14H2,1-4H3,(H,29,32). The number of benzene rings is 1. The quantitative estimate of drug-likeness (QED) is 0.599. The zero-order valence-electron chi connectivity index (χ0n) is 20.7. The molecule has 1 aromatic carbocycles. The van der Waals surface area contributed by atoms with E-state index in [0.717, 1.165) is 12.1 Å². The van der Waals surface area contributed by atoms with E-state index in [0.29, 0.717) is 32.5 Å². The molecule has 1 aromatic rings. The molecule has 0 aliphatic carbocycles. The Morgan fingerprint density at radius 2 is 1.92 bits per heavy atom. The number of carbonyl (C=O) groups is 2. The largest absolute Gasteiger partial charge is 0.447 e. The van der Waals surface area contributed by atoms with Crippen molar-refractivity contribution in [3.63, 3.8) is 0 Å². The van der Waals surface area contributed by atoms with Crippen molar-refractivity contribution in [1.29, 1.82) is 5.26 Å². The SMILES string of the molecule is CC1(C)OCC(COC(=O)N2CCC(NC(C)(C)C(=O)Nc3ccc(C#N)c(C(F)(F)F)c3)CC2)O1. The van der Waals surface area contributed by atoms with E-state index in [2.05, 4.69) is 10.6 Å². The molecule has 198 valence electrons. The minimum Gasteiger partial charge on any atom is -0.447 e. The smallest absolute Gasteiger partial charge is 0.417 e.